The van der Waals surface area contributed by atoms with E-state index in [1.807, 2.05) is 0 Å². The topological polar surface area (TPSA) is 119 Å². The van der Waals surface area contributed by atoms with Gasteiger partial charge in [0, 0.05) is 30.8 Å². The molecule has 0 bridgehead atoms. The van der Waals surface area contributed by atoms with Crippen LogP contribution in [-0.2, 0) is 10.0 Å². The van der Waals surface area contributed by atoms with E-state index >= 15 is 0 Å². The fraction of sp³-hybridized carbons (Fsp3) is 0.350. The Hall–Kier alpha value is -2.98. The number of methoxy groups -OCH3 is 1. The van der Waals surface area contributed by atoms with Crippen LogP contribution in [0.3, 0.4) is 0 Å². The molecule has 3 rings (SSSR count). The summed E-state index contributed by atoms with van der Waals surface area (Å²) in [5.74, 6) is -0.328. The van der Waals surface area contributed by atoms with Crippen molar-refractivity contribution in [3.8, 4) is 5.75 Å². The van der Waals surface area contributed by atoms with Crippen molar-refractivity contribution in [1.82, 2.24) is 4.31 Å². The minimum absolute atomic E-state index is 0.0474. The van der Waals surface area contributed by atoms with Crippen molar-refractivity contribution >= 4 is 27.3 Å². The van der Waals surface area contributed by atoms with Crippen LogP contribution >= 0.6 is 0 Å². The van der Waals surface area contributed by atoms with Crippen LogP contribution in [0.1, 0.15) is 35.2 Å². The van der Waals surface area contributed by atoms with Gasteiger partial charge in [0.25, 0.3) is 11.6 Å². The van der Waals surface area contributed by atoms with Gasteiger partial charge in [-0.05, 0) is 43.5 Å². The number of rotatable bonds is 6. The highest BCUT2D eigenvalue weighted by Crippen LogP contribution is 2.30. The first-order valence-corrected chi connectivity index (χ1v) is 10.9. The van der Waals surface area contributed by atoms with Crippen LogP contribution in [-0.4, -0.2) is 43.8 Å². The first-order chi connectivity index (χ1) is 14.2. The lowest BCUT2D eigenvalue weighted by Gasteiger charge is -2.26. The van der Waals surface area contributed by atoms with E-state index < -0.39 is 20.9 Å². The van der Waals surface area contributed by atoms with E-state index in [0.29, 0.717) is 18.7 Å². The lowest BCUT2D eigenvalue weighted by atomic mass is 10.1. The van der Waals surface area contributed by atoms with Crippen molar-refractivity contribution in [2.24, 2.45) is 0 Å². The molecule has 0 spiro atoms. The summed E-state index contributed by atoms with van der Waals surface area (Å²) in [6, 6.07) is 8.27. The van der Waals surface area contributed by atoms with E-state index in [-0.39, 0.29) is 27.6 Å². The fourth-order valence-corrected chi connectivity index (χ4v) is 4.90. The standard InChI is InChI=1S/C20H23N3O6S/c1-14-6-8-16(30(27,28)22-10-4-3-5-11-22)13-17(14)20(24)21-18-12-15(23(25)26)7-9-19(18)29-2/h6-9,12-13H,3-5,10-11H2,1-2H3,(H,21,24). The van der Waals surface area contributed by atoms with Gasteiger partial charge in [-0.3, -0.25) is 14.9 Å². The lowest BCUT2D eigenvalue weighted by Crippen LogP contribution is -2.35. The molecule has 0 saturated carbocycles. The van der Waals surface area contributed by atoms with E-state index in [1.54, 1.807) is 13.0 Å². The number of amides is 1. The third-order valence-electron chi connectivity index (χ3n) is 5.05. The predicted octanol–water partition coefficient (Wildman–Crippen LogP) is 3.34. The van der Waals surface area contributed by atoms with Crippen molar-refractivity contribution in [3.05, 3.63) is 57.6 Å². The molecule has 0 aliphatic carbocycles. The number of hydrogen-bond donors (Lipinski definition) is 1. The Morgan fingerprint density at radius 1 is 1.13 bits per heavy atom. The summed E-state index contributed by atoms with van der Waals surface area (Å²) >= 11 is 0. The van der Waals surface area contributed by atoms with Crippen molar-refractivity contribution in [2.45, 2.75) is 31.1 Å². The number of sulfonamides is 1. The van der Waals surface area contributed by atoms with Gasteiger partial charge in [0.1, 0.15) is 5.75 Å². The zero-order valence-corrected chi connectivity index (χ0v) is 17.6. The molecule has 1 saturated heterocycles. The monoisotopic (exact) mass is 433 g/mol. The van der Waals surface area contributed by atoms with Crippen LogP contribution < -0.4 is 10.1 Å². The highest BCUT2D eigenvalue weighted by Gasteiger charge is 2.27. The van der Waals surface area contributed by atoms with Gasteiger partial charge < -0.3 is 10.1 Å². The molecule has 9 nitrogen and oxygen atoms in total. The molecule has 2 aromatic rings. The van der Waals surface area contributed by atoms with Gasteiger partial charge >= 0.3 is 0 Å². The largest absolute Gasteiger partial charge is 0.495 e. The number of nitrogens with zero attached hydrogens (tertiary/aromatic N) is 2. The molecular weight excluding hydrogens is 410 g/mol. The van der Waals surface area contributed by atoms with Gasteiger partial charge in [-0.25, -0.2) is 8.42 Å². The van der Waals surface area contributed by atoms with Gasteiger partial charge in [-0.1, -0.05) is 12.5 Å². The Bertz CT molecular complexity index is 1080. The van der Waals surface area contributed by atoms with Crippen molar-refractivity contribution in [3.63, 3.8) is 0 Å². The molecule has 0 aromatic heterocycles. The first-order valence-electron chi connectivity index (χ1n) is 9.48. The van der Waals surface area contributed by atoms with E-state index in [0.717, 1.165) is 19.3 Å². The van der Waals surface area contributed by atoms with Gasteiger partial charge in [0.15, 0.2) is 0 Å². The number of hydrogen-bond acceptors (Lipinski definition) is 6. The number of piperidine rings is 1. The zero-order chi connectivity index (χ0) is 21.9. The Morgan fingerprint density at radius 2 is 1.83 bits per heavy atom. The van der Waals surface area contributed by atoms with Gasteiger partial charge in [0.2, 0.25) is 10.0 Å². The number of carbonyl (C=O) groups is 1. The zero-order valence-electron chi connectivity index (χ0n) is 16.8. The third-order valence-corrected chi connectivity index (χ3v) is 6.94. The maximum absolute atomic E-state index is 13.0. The lowest BCUT2D eigenvalue weighted by molar-refractivity contribution is -0.384. The summed E-state index contributed by atoms with van der Waals surface area (Å²) in [7, 11) is -2.32. The van der Waals surface area contributed by atoms with Gasteiger partial charge in [-0.2, -0.15) is 4.31 Å². The molecule has 30 heavy (non-hydrogen) atoms. The summed E-state index contributed by atoms with van der Waals surface area (Å²) in [5, 5.41) is 13.6. The number of nitro benzene ring substituents is 1. The number of nitro groups is 1. The second-order valence-corrected chi connectivity index (χ2v) is 8.98. The number of nitrogens with one attached hydrogen (secondary N) is 1. The summed E-state index contributed by atoms with van der Waals surface area (Å²) < 4.78 is 32.5. The summed E-state index contributed by atoms with van der Waals surface area (Å²) in [4.78, 5) is 23.4. The molecule has 1 N–H and O–H groups in total. The van der Waals surface area contributed by atoms with Crippen LogP contribution in [0.15, 0.2) is 41.3 Å². The summed E-state index contributed by atoms with van der Waals surface area (Å²) in [6.07, 6.45) is 2.62. The highest BCUT2D eigenvalue weighted by molar-refractivity contribution is 7.89. The fourth-order valence-electron chi connectivity index (χ4n) is 3.36. The Balaban J connectivity index is 1.93. The molecule has 10 heteroatoms. The average Bonchev–Trinajstić information content (AvgIpc) is 2.74. The molecule has 0 radical (unpaired) electrons. The summed E-state index contributed by atoms with van der Waals surface area (Å²) in [5.41, 5.74) is 0.667. The van der Waals surface area contributed by atoms with Crippen LogP contribution in [0.25, 0.3) is 0 Å². The number of aryl methyl sites for hydroxylation is 1. The first kappa shape index (κ1) is 21.7. The summed E-state index contributed by atoms with van der Waals surface area (Å²) in [6.45, 7) is 2.61. The Labute approximate surface area is 174 Å². The van der Waals surface area contributed by atoms with Crippen LogP contribution in [0, 0.1) is 17.0 Å². The quantitative estimate of drug-likeness (QED) is 0.551. The smallest absolute Gasteiger partial charge is 0.271 e. The molecule has 1 fully saturated rings. The maximum atomic E-state index is 13.0. The second kappa shape index (κ2) is 8.80. The minimum atomic E-state index is -3.70. The number of non-ortho nitro benzene ring substituents is 1. The van der Waals surface area contributed by atoms with E-state index in [1.165, 1.54) is 41.7 Å². The molecule has 0 atom stereocenters. The van der Waals surface area contributed by atoms with Crippen LogP contribution in [0.4, 0.5) is 11.4 Å². The molecule has 1 heterocycles. The normalized spacial score (nSPS) is 14.9. The van der Waals surface area contributed by atoms with E-state index in [9.17, 15) is 23.3 Å². The number of anilines is 1. The molecular formula is C20H23N3O6S. The van der Waals surface area contributed by atoms with Crippen molar-refractivity contribution in [1.29, 1.82) is 0 Å². The Morgan fingerprint density at radius 3 is 2.47 bits per heavy atom. The maximum Gasteiger partial charge on any atom is 0.271 e. The van der Waals surface area contributed by atoms with Gasteiger partial charge in [0.05, 0.1) is 22.6 Å². The molecule has 2 aromatic carbocycles. The van der Waals surface area contributed by atoms with Crippen molar-refractivity contribution < 1.29 is 22.9 Å². The SMILES string of the molecule is COc1ccc([N+](=O)[O-])cc1NC(=O)c1cc(S(=O)(=O)N2CCCCC2)ccc1C. The third kappa shape index (κ3) is 4.44. The second-order valence-electron chi connectivity index (χ2n) is 7.04. The molecule has 0 unspecified atom stereocenters. The van der Waals surface area contributed by atoms with Gasteiger partial charge in [-0.15, -0.1) is 0 Å². The highest BCUT2D eigenvalue weighted by atomic mass is 32.2. The van der Waals surface area contributed by atoms with Crippen LogP contribution in [0.5, 0.6) is 5.75 Å². The van der Waals surface area contributed by atoms with Crippen LogP contribution in [0.2, 0.25) is 0 Å². The average molecular weight is 433 g/mol. The minimum Gasteiger partial charge on any atom is -0.495 e. The molecule has 1 aliphatic heterocycles. The van der Waals surface area contributed by atoms with E-state index in [4.69, 9.17) is 4.74 Å². The molecule has 1 aliphatic rings. The number of ether oxygens (including phenoxy) is 1. The number of benzene rings is 2. The molecule has 1 amide bonds. The molecule has 160 valence electrons. The van der Waals surface area contributed by atoms with E-state index in [2.05, 4.69) is 5.32 Å². The number of carbonyl (C=O) groups excluding carboxylic acids is 1. The predicted molar refractivity (Wildman–Crippen MR) is 111 cm³/mol. The Kier molecular flexibility index (Phi) is 6.37. The van der Waals surface area contributed by atoms with Crippen molar-refractivity contribution in [2.75, 3.05) is 25.5 Å².